The zero-order valence-corrected chi connectivity index (χ0v) is 25.6. The fraction of sp³-hybridized carbons (Fsp3) is 0.500. The number of anilines is 2. The summed E-state index contributed by atoms with van der Waals surface area (Å²) in [5.41, 5.74) is 9.67. The third kappa shape index (κ3) is 8.85. The number of nitriles is 1. The smallest absolute Gasteiger partial charge is 0.224 e. The Labute approximate surface area is 254 Å². The van der Waals surface area contributed by atoms with E-state index in [0.717, 1.165) is 55.6 Å². The monoisotopic (exact) mass is 594 g/mol. The van der Waals surface area contributed by atoms with Crippen LogP contribution in [0.25, 0.3) is 6.08 Å². The van der Waals surface area contributed by atoms with E-state index in [2.05, 4.69) is 44.6 Å². The molecule has 1 fully saturated rings. The van der Waals surface area contributed by atoms with E-state index in [4.69, 9.17) is 21.1 Å². The van der Waals surface area contributed by atoms with Gasteiger partial charge < -0.3 is 25.0 Å². The minimum Gasteiger partial charge on any atom is -0.492 e. The molecule has 42 heavy (non-hydrogen) atoms. The molecule has 1 aliphatic carbocycles. The fourth-order valence-electron chi connectivity index (χ4n) is 5.28. The first-order valence-corrected chi connectivity index (χ1v) is 15.2. The van der Waals surface area contributed by atoms with Crippen molar-refractivity contribution in [2.24, 2.45) is 5.92 Å². The minimum absolute atomic E-state index is 0.0675. The van der Waals surface area contributed by atoms with Gasteiger partial charge in [-0.3, -0.25) is 15.6 Å². The zero-order chi connectivity index (χ0) is 29.9. The summed E-state index contributed by atoms with van der Waals surface area (Å²) in [5.74, 6) is 0.854. The standard InChI is InChI=1S/C32H43ClN6O3/c1-4-41-30-17-22-9-5-6-10-23(20-34)32(26(22)19-28(30)37-31(40)12-8-16-39(2)3)36-24-13-14-29(27(33)18-24)42-21-25-11-7-15-35-38-25/h5,9,13-14,17-19,23,25,32,35-36,38H,4,6-8,10-12,15-16,21H2,1-3H3,(H,37,40)/b9-5+. The van der Waals surface area contributed by atoms with E-state index in [0.29, 0.717) is 48.3 Å². The number of carbonyl (C=O) groups is 1. The van der Waals surface area contributed by atoms with Crippen molar-refractivity contribution < 1.29 is 14.3 Å². The van der Waals surface area contributed by atoms with Crippen molar-refractivity contribution >= 4 is 35.0 Å². The van der Waals surface area contributed by atoms with E-state index < -0.39 is 0 Å². The van der Waals surface area contributed by atoms with Crippen LogP contribution in [0, 0.1) is 17.2 Å². The number of carbonyl (C=O) groups excluding carboxylic acids is 1. The van der Waals surface area contributed by atoms with E-state index >= 15 is 0 Å². The maximum atomic E-state index is 12.9. The number of amides is 1. The van der Waals surface area contributed by atoms with E-state index in [1.54, 1.807) is 0 Å². The molecule has 3 unspecified atom stereocenters. The van der Waals surface area contributed by atoms with Crippen LogP contribution in [0.4, 0.5) is 11.4 Å². The number of benzene rings is 2. The maximum Gasteiger partial charge on any atom is 0.224 e. The molecule has 0 radical (unpaired) electrons. The molecule has 1 aliphatic heterocycles. The Hall–Kier alpha value is -3.29. The van der Waals surface area contributed by atoms with Gasteiger partial charge in [-0.2, -0.15) is 5.26 Å². The third-order valence-electron chi connectivity index (χ3n) is 7.47. The molecule has 1 amide bonds. The molecule has 0 aromatic heterocycles. The molecule has 2 aromatic carbocycles. The Bertz CT molecular complexity index is 1270. The van der Waals surface area contributed by atoms with E-state index in [1.165, 1.54) is 0 Å². The lowest BCUT2D eigenvalue weighted by Gasteiger charge is -2.29. The molecule has 4 N–H and O–H groups in total. The highest BCUT2D eigenvalue weighted by Crippen LogP contribution is 2.40. The van der Waals surface area contributed by atoms with Crippen LogP contribution in [-0.2, 0) is 4.79 Å². The molecule has 0 bridgehead atoms. The van der Waals surface area contributed by atoms with Gasteiger partial charge in [0.05, 0.1) is 41.4 Å². The lowest BCUT2D eigenvalue weighted by Crippen LogP contribution is -2.48. The number of nitrogens with one attached hydrogen (secondary N) is 4. The zero-order valence-electron chi connectivity index (χ0n) is 24.8. The number of rotatable bonds is 12. The molecular formula is C32H43ClN6O3. The molecule has 9 nitrogen and oxygen atoms in total. The van der Waals surface area contributed by atoms with E-state index in [1.807, 2.05) is 51.4 Å². The lowest BCUT2D eigenvalue weighted by molar-refractivity contribution is -0.116. The highest BCUT2D eigenvalue weighted by atomic mass is 35.5. The minimum atomic E-state index is -0.338. The predicted molar refractivity (Wildman–Crippen MR) is 169 cm³/mol. The lowest BCUT2D eigenvalue weighted by atomic mass is 9.85. The van der Waals surface area contributed by atoms with Crippen molar-refractivity contribution in [1.82, 2.24) is 15.8 Å². The molecule has 2 aromatic rings. The van der Waals surface area contributed by atoms with Gasteiger partial charge >= 0.3 is 0 Å². The molecule has 1 saturated heterocycles. The first-order valence-electron chi connectivity index (χ1n) is 14.9. The number of halogens is 1. The summed E-state index contributed by atoms with van der Waals surface area (Å²) in [6.45, 7) is 4.69. The maximum absolute atomic E-state index is 12.9. The number of ether oxygens (including phenoxy) is 2. The van der Waals surface area contributed by atoms with Gasteiger partial charge in [0.15, 0.2) is 0 Å². The quantitative estimate of drug-likeness (QED) is 0.246. The highest BCUT2D eigenvalue weighted by Gasteiger charge is 2.28. The second kappa shape index (κ2) is 15.8. The molecule has 2 aliphatic rings. The van der Waals surface area contributed by atoms with Crippen LogP contribution in [0.2, 0.25) is 5.02 Å². The Morgan fingerprint density at radius 2 is 2.05 bits per heavy atom. The molecule has 226 valence electrons. The van der Waals surface area contributed by atoms with Gasteiger partial charge in [-0.25, -0.2) is 0 Å². The summed E-state index contributed by atoms with van der Waals surface area (Å²) in [7, 11) is 3.99. The normalized spacial score (nSPS) is 20.9. The van der Waals surface area contributed by atoms with Crippen molar-refractivity contribution in [3.05, 3.63) is 52.6 Å². The van der Waals surface area contributed by atoms with Gasteiger partial charge in [0.25, 0.3) is 0 Å². The van der Waals surface area contributed by atoms with Gasteiger partial charge in [0.2, 0.25) is 5.91 Å². The average molecular weight is 595 g/mol. The number of fused-ring (bicyclic) bond motifs is 1. The van der Waals surface area contributed by atoms with Crippen molar-refractivity contribution in [3.63, 3.8) is 0 Å². The van der Waals surface area contributed by atoms with Crippen LogP contribution in [0.3, 0.4) is 0 Å². The van der Waals surface area contributed by atoms with Crippen molar-refractivity contribution in [3.8, 4) is 17.6 Å². The van der Waals surface area contributed by atoms with Crippen LogP contribution in [0.5, 0.6) is 11.5 Å². The van der Waals surface area contributed by atoms with Gasteiger partial charge in [-0.1, -0.05) is 23.8 Å². The number of hydrogen-bond acceptors (Lipinski definition) is 8. The van der Waals surface area contributed by atoms with Gasteiger partial charge in [0, 0.05) is 18.7 Å². The van der Waals surface area contributed by atoms with Crippen LogP contribution in [-0.4, -0.2) is 57.2 Å². The molecule has 4 rings (SSSR count). The van der Waals surface area contributed by atoms with E-state index in [-0.39, 0.29) is 23.9 Å². The Morgan fingerprint density at radius 3 is 2.76 bits per heavy atom. The third-order valence-corrected chi connectivity index (χ3v) is 7.76. The molecule has 10 heteroatoms. The SMILES string of the molecule is CCOc1cc2c(cc1NC(=O)CCCN(C)C)C(Nc1ccc(OCC3CCCNN3)c(Cl)c1)C(C#N)CC/C=C/2. The Kier molecular flexibility index (Phi) is 11.9. The van der Waals surface area contributed by atoms with Crippen molar-refractivity contribution in [1.29, 1.82) is 5.26 Å². The molecule has 0 saturated carbocycles. The second-order valence-electron chi connectivity index (χ2n) is 11.1. The highest BCUT2D eigenvalue weighted by molar-refractivity contribution is 6.32. The first kappa shape index (κ1) is 31.6. The summed E-state index contributed by atoms with van der Waals surface area (Å²) in [4.78, 5) is 14.9. The van der Waals surface area contributed by atoms with Gasteiger partial charge in [-0.05, 0) is 101 Å². The van der Waals surface area contributed by atoms with Crippen LogP contribution < -0.4 is 31.0 Å². The van der Waals surface area contributed by atoms with E-state index in [9.17, 15) is 10.1 Å². The van der Waals surface area contributed by atoms with Crippen LogP contribution in [0.1, 0.15) is 62.6 Å². The largest absolute Gasteiger partial charge is 0.492 e. The molecule has 0 spiro atoms. The average Bonchev–Trinajstić information content (AvgIpc) is 2.96. The topological polar surface area (TPSA) is 111 Å². The Morgan fingerprint density at radius 1 is 1.19 bits per heavy atom. The summed E-state index contributed by atoms with van der Waals surface area (Å²) >= 11 is 6.65. The van der Waals surface area contributed by atoms with Crippen molar-refractivity contribution in [2.45, 2.75) is 57.5 Å². The summed E-state index contributed by atoms with van der Waals surface area (Å²) in [5, 5.41) is 17.3. The summed E-state index contributed by atoms with van der Waals surface area (Å²) < 4.78 is 11.9. The Balaban J connectivity index is 1.59. The molecule has 3 atom stereocenters. The molecular weight excluding hydrogens is 552 g/mol. The number of hydrogen-bond donors (Lipinski definition) is 4. The number of allylic oxidation sites excluding steroid dienone is 1. The van der Waals surface area contributed by atoms with Gasteiger partial charge in [0.1, 0.15) is 18.1 Å². The second-order valence-corrected chi connectivity index (χ2v) is 11.5. The predicted octanol–water partition coefficient (Wildman–Crippen LogP) is 5.75. The first-order chi connectivity index (χ1) is 20.4. The summed E-state index contributed by atoms with van der Waals surface area (Å²) in [6.07, 6.45) is 8.94. The van der Waals surface area contributed by atoms with Gasteiger partial charge in [-0.15, -0.1) is 0 Å². The van der Waals surface area contributed by atoms with Crippen molar-refractivity contribution in [2.75, 3.05) is 51.0 Å². The number of hydrazine groups is 1. The summed E-state index contributed by atoms with van der Waals surface area (Å²) in [6, 6.07) is 11.9. The van der Waals surface area contributed by atoms with Crippen LogP contribution >= 0.6 is 11.6 Å². The molecule has 1 heterocycles. The van der Waals surface area contributed by atoms with Crippen LogP contribution in [0.15, 0.2) is 36.4 Å². The fourth-order valence-corrected chi connectivity index (χ4v) is 5.52. The number of nitrogens with zero attached hydrogens (tertiary/aromatic N) is 2.